The fourth-order valence-corrected chi connectivity index (χ4v) is 8.66. The Balaban J connectivity index is 1.52. The molecule has 0 aromatic carbocycles. The quantitative estimate of drug-likeness (QED) is 0.294. The van der Waals surface area contributed by atoms with Crippen LogP contribution in [0.15, 0.2) is 16.8 Å². The van der Waals surface area contributed by atoms with Gasteiger partial charge in [-0.15, -0.1) is 0 Å². The number of allylic oxidation sites excluding steroid dienone is 1. The van der Waals surface area contributed by atoms with Crippen LogP contribution in [0.3, 0.4) is 0 Å². The average molecular weight is 416 g/mol. The molecule has 4 rings (SSSR count). The van der Waals surface area contributed by atoms with E-state index in [-0.39, 0.29) is 5.41 Å². The number of oxime groups is 1. The molecule has 0 spiro atoms. The van der Waals surface area contributed by atoms with Crippen LogP contribution in [-0.4, -0.2) is 22.1 Å². The van der Waals surface area contributed by atoms with Gasteiger partial charge in [0, 0.05) is 12.8 Å². The summed E-state index contributed by atoms with van der Waals surface area (Å²) in [5, 5.41) is 23.3. The molecule has 8 atom stereocenters. The molecule has 2 N–H and O–H groups in total. The maximum Gasteiger partial charge on any atom is 0.0991 e. The number of fused-ring (bicyclic) bond motifs is 5. The number of rotatable bonds is 5. The predicted octanol–water partition coefficient (Wildman–Crippen LogP) is 6.83. The van der Waals surface area contributed by atoms with Crippen molar-refractivity contribution in [1.82, 2.24) is 0 Å². The molecule has 3 fully saturated rings. The molecule has 0 amide bonds. The number of hydrogen-bond donors (Lipinski definition) is 2. The van der Waals surface area contributed by atoms with Crippen molar-refractivity contribution in [2.75, 3.05) is 0 Å². The van der Waals surface area contributed by atoms with Crippen LogP contribution in [-0.2, 0) is 0 Å². The fraction of sp³-hybridized carbons (Fsp3) is 0.889. The zero-order chi connectivity index (χ0) is 21.7. The van der Waals surface area contributed by atoms with Gasteiger partial charge in [-0.2, -0.15) is 0 Å². The smallest absolute Gasteiger partial charge is 0.0991 e. The van der Waals surface area contributed by atoms with Crippen LogP contribution in [0.5, 0.6) is 0 Å². The van der Waals surface area contributed by atoms with Crippen LogP contribution in [0, 0.1) is 46.3 Å². The summed E-state index contributed by atoms with van der Waals surface area (Å²) in [4.78, 5) is 0. The molecule has 0 unspecified atom stereocenters. The van der Waals surface area contributed by atoms with Gasteiger partial charge in [-0.3, -0.25) is 0 Å². The van der Waals surface area contributed by atoms with Crippen LogP contribution < -0.4 is 0 Å². The summed E-state index contributed by atoms with van der Waals surface area (Å²) < 4.78 is 0. The largest absolute Gasteiger partial charge is 0.411 e. The molecule has 0 radical (unpaired) electrons. The monoisotopic (exact) mass is 415 g/mol. The number of nitrogens with zero attached hydrogens (tertiary/aromatic N) is 1. The van der Waals surface area contributed by atoms with Gasteiger partial charge in [-0.1, -0.05) is 70.7 Å². The van der Waals surface area contributed by atoms with Gasteiger partial charge in [0.25, 0.3) is 0 Å². The van der Waals surface area contributed by atoms with Gasteiger partial charge in [0.2, 0.25) is 0 Å². The Bertz CT molecular complexity index is 697. The first-order chi connectivity index (χ1) is 14.2. The first-order valence-corrected chi connectivity index (χ1v) is 12.8. The van der Waals surface area contributed by atoms with E-state index in [2.05, 4.69) is 45.9 Å². The standard InChI is InChI=1S/C27H45NO2/c1-17(2)7-6-8-18(3)21-11-12-22-20-10-9-19-15-25(29)24(28-30)16-27(19,5)23(20)13-14-26(21,22)4/h9,17-18,20-23,25,29-30H,6-8,10-16H2,1-5H3/t18-,20+,21-,22+,23+,25-,26-,27+/m1/s1. The van der Waals surface area contributed by atoms with Gasteiger partial charge >= 0.3 is 0 Å². The molecule has 4 aliphatic rings. The van der Waals surface area contributed by atoms with Gasteiger partial charge < -0.3 is 10.3 Å². The third-order valence-corrected chi connectivity index (χ3v) is 10.3. The Hall–Kier alpha value is -0.830. The molecule has 0 saturated heterocycles. The van der Waals surface area contributed by atoms with E-state index in [1.165, 1.54) is 56.9 Å². The van der Waals surface area contributed by atoms with E-state index in [1.807, 2.05) is 0 Å². The van der Waals surface area contributed by atoms with E-state index in [1.54, 1.807) is 0 Å². The second-order valence-corrected chi connectivity index (χ2v) is 12.3. The van der Waals surface area contributed by atoms with Gasteiger partial charge in [0.15, 0.2) is 0 Å². The van der Waals surface area contributed by atoms with Gasteiger partial charge in [0.05, 0.1) is 11.8 Å². The van der Waals surface area contributed by atoms with Crippen LogP contribution in [0.1, 0.15) is 98.8 Å². The third-order valence-electron chi connectivity index (χ3n) is 10.3. The Morgan fingerprint density at radius 3 is 2.57 bits per heavy atom. The Labute approximate surface area is 184 Å². The SMILES string of the molecule is CC(C)CCC[C@@H](C)[C@H]1CC[C@H]2[C@@H]3CC=C4C[C@@H](O)C(=NO)C[C@]4(C)[C@H]3CC[C@]12C. The number of aliphatic hydroxyl groups is 1. The molecule has 0 bridgehead atoms. The lowest BCUT2D eigenvalue weighted by molar-refractivity contribution is -0.0464. The maximum atomic E-state index is 10.4. The molecule has 170 valence electrons. The number of hydrogen-bond acceptors (Lipinski definition) is 3. The summed E-state index contributed by atoms with van der Waals surface area (Å²) in [5.74, 6) is 4.83. The summed E-state index contributed by atoms with van der Waals surface area (Å²) >= 11 is 0. The van der Waals surface area contributed by atoms with Crippen molar-refractivity contribution in [3.05, 3.63) is 11.6 Å². The molecule has 0 aliphatic heterocycles. The zero-order valence-corrected chi connectivity index (χ0v) is 20.0. The van der Waals surface area contributed by atoms with E-state index < -0.39 is 6.10 Å². The lowest BCUT2D eigenvalue weighted by atomic mass is 9.46. The molecule has 3 nitrogen and oxygen atoms in total. The summed E-state index contributed by atoms with van der Waals surface area (Å²) in [5.41, 5.74) is 2.62. The molecule has 0 aromatic rings. The van der Waals surface area contributed by atoms with E-state index in [0.717, 1.165) is 36.0 Å². The molecule has 0 heterocycles. The molecule has 3 heteroatoms. The van der Waals surface area contributed by atoms with Gasteiger partial charge in [0.1, 0.15) is 0 Å². The molecule has 3 saturated carbocycles. The van der Waals surface area contributed by atoms with Crippen molar-refractivity contribution in [3.63, 3.8) is 0 Å². The first-order valence-electron chi connectivity index (χ1n) is 12.8. The highest BCUT2D eigenvalue weighted by Crippen LogP contribution is 2.67. The third kappa shape index (κ3) is 3.57. The summed E-state index contributed by atoms with van der Waals surface area (Å²) in [6.45, 7) is 12.3. The van der Waals surface area contributed by atoms with E-state index in [0.29, 0.717) is 23.5 Å². The fourth-order valence-electron chi connectivity index (χ4n) is 8.66. The topological polar surface area (TPSA) is 52.8 Å². The molecule has 0 aromatic heterocycles. The summed E-state index contributed by atoms with van der Waals surface area (Å²) in [6.07, 6.45) is 14.1. The molecule has 30 heavy (non-hydrogen) atoms. The molecule has 4 aliphatic carbocycles. The van der Waals surface area contributed by atoms with Crippen molar-refractivity contribution in [2.45, 2.75) is 105 Å². The first kappa shape index (κ1) is 22.4. The van der Waals surface area contributed by atoms with Crippen LogP contribution in [0.2, 0.25) is 0 Å². The highest BCUT2D eigenvalue weighted by Gasteiger charge is 2.59. The average Bonchev–Trinajstić information content (AvgIpc) is 3.05. The van der Waals surface area contributed by atoms with E-state index in [4.69, 9.17) is 0 Å². The maximum absolute atomic E-state index is 10.4. The minimum atomic E-state index is -0.595. The van der Waals surface area contributed by atoms with E-state index >= 15 is 0 Å². The molecular formula is C27H45NO2. The minimum absolute atomic E-state index is 0.0754. The normalized spacial score (nSPS) is 45.6. The van der Waals surface area contributed by atoms with Crippen LogP contribution in [0.4, 0.5) is 0 Å². The van der Waals surface area contributed by atoms with Gasteiger partial charge in [-0.25, -0.2) is 0 Å². The molecular weight excluding hydrogens is 370 g/mol. The van der Waals surface area contributed by atoms with Crippen molar-refractivity contribution < 1.29 is 10.3 Å². The second-order valence-electron chi connectivity index (χ2n) is 12.3. The van der Waals surface area contributed by atoms with Crippen molar-refractivity contribution in [3.8, 4) is 0 Å². The van der Waals surface area contributed by atoms with Gasteiger partial charge in [-0.05, 0) is 78.4 Å². The highest BCUT2D eigenvalue weighted by atomic mass is 16.4. The van der Waals surface area contributed by atoms with Crippen molar-refractivity contribution in [1.29, 1.82) is 0 Å². The lowest BCUT2D eigenvalue weighted by Gasteiger charge is -2.58. The summed E-state index contributed by atoms with van der Waals surface area (Å²) in [6, 6.07) is 0. The minimum Gasteiger partial charge on any atom is -0.411 e. The van der Waals surface area contributed by atoms with E-state index in [9.17, 15) is 10.3 Å². The van der Waals surface area contributed by atoms with Crippen molar-refractivity contribution >= 4 is 5.71 Å². The van der Waals surface area contributed by atoms with Crippen molar-refractivity contribution in [2.24, 2.45) is 51.5 Å². The Morgan fingerprint density at radius 1 is 1.10 bits per heavy atom. The predicted molar refractivity (Wildman–Crippen MR) is 124 cm³/mol. The van der Waals surface area contributed by atoms with Crippen LogP contribution >= 0.6 is 0 Å². The lowest BCUT2D eigenvalue weighted by Crippen LogP contribution is -2.52. The van der Waals surface area contributed by atoms with Crippen LogP contribution in [0.25, 0.3) is 0 Å². The highest BCUT2D eigenvalue weighted by molar-refractivity contribution is 5.90. The Morgan fingerprint density at radius 2 is 1.87 bits per heavy atom. The summed E-state index contributed by atoms with van der Waals surface area (Å²) in [7, 11) is 0. The zero-order valence-electron chi connectivity index (χ0n) is 20.0. The number of aliphatic hydroxyl groups excluding tert-OH is 1. The second kappa shape index (κ2) is 8.26. The Kier molecular flexibility index (Phi) is 6.16.